The van der Waals surface area contributed by atoms with E-state index in [9.17, 15) is 14.9 Å². The first-order valence-electron chi connectivity index (χ1n) is 5.09. The molecule has 0 heterocycles. The average Bonchev–Trinajstić information content (AvgIpc) is 2.38. The zero-order valence-corrected chi connectivity index (χ0v) is 9.39. The average molecular weight is 246 g/mol. The summed E-state index contributed by atoms with van der Waals surface area (Å²) in [6.45, 7) is 0.322. The van der Waals surface area contributed by atoms with Crippen LogP contribution in [0.1, 0.15) is 22.3 Å². The maximum absolute atomic E-state index is 10.6. The molecule has 1 aromatic rings. The van der Waals surface area contributed by atoms with Gasteiger partial charge in [0, 0.05) is 29.2 Å². The Bertz CT molecular complexity index is 533. The molecule has 0 aliphatic carbocycles. The summed E-state index contributed by atoms with van der Waals surface area (Å²) in [5.41, 5.74) is 8.75. The third-order valence-corrected chi connectivity index (χ3v) is 2.08. The van der Waals surface area contributed by atoms with Crippen LogP contribution in [0, 0.1) is 10.1 Å². The lowest BCUT2D eigenvalue weighted by Crippen LogP contribution is -1.91. The van der Waals surface area contributed by atoms with E-state index in [2.05, 4.69) is 10.0 Å². The summed E-state index contributed by atoms with van der Waals surface area (Å²) in [5, 5.41) is 14.0. The number of nitro groups is 1. The van der Waals surface area contributed by atoms with Gasteiger partial charge in [-0.15, -0.1) is 0 Å². The lowest BCUT2D eigenvalue weighted by atomic mass is 10.1. The summed E-state index contributed by atoms with van der Waals surface area (Å²) >= 11 is 0. The fourth-order valence-electron chi connectivity index (χ4n) is 1.33. The SMILES string of the molecule is [N-]=[N+]=NCCC=Cc1cc(C=O)cc([N+](=O)[O-])c1. The van der Waals surface area contributed by atoms with Crippen LogP contribution in [0.4, 0.5) is 5.69 Å². The molecule has 1 rings (SSSR count). The minimum atomic E-state index is -0.551. The number of carbonyl (C=O) groups excluding carboxylic acids is 1. The highest BCUT2D eigenvalue weighted by atomic mass is 16.6. The largest absolute Gasteiger partial charge is 0.298 e. The van der Waals surface area contributed by atoms with E-state index in [4.69, 9.17) is 5.53 Å². The number of hydrogen-bond donors (Lipinski definition) is 0. The molecule has 0 saturated heterocycles. The molecule has 92 valence electrons. The summed E-state index contributed by atoms with van der Waals surface area (Å²) in [7, 11) is 0. The Balaban J connectivity index is 2.87. The first kappa shape index (κ1) is 13.4. The zero-order chi connectivity index (χ0) is 13.4. The number of azide groups is 1. The van der Waals surface area contributed by atoms with Crippen LogP contribution in [0.5, 0.6) is 0 Å². The van der Waals surface area contributed by atoms with Crippen LogP contribution in [0.25, 0.3) is 16.5 Å². The predicted octanol–water partition coefficient (Wildman–Crippen LogP) is 3.12. The van der Waals surface area contributed by atoms with Crippen LogP contribution in [0.3, 0.4) is 0 Å². The number of non-ortho nitro benzene ring substituents is 1. The Kier molecular flexibility index (Phi) is 5.08. The monoisotopic (exact) mass is 246 g/mol. The lowest BCUT2D eigenvalue weighted by molar-refractivity contribution is -0.384. The molecular weight excluding hydrogens is 236 g/mol. The molecule has 0 unspecified atom stereocenters. The van der Waals surface area contributed by atoms with Gasteiger partial charge in [0.1, 0.15) is 6.29 Å². The standard InChI is InChI=1S/C11H10N4O3/c12-14-13-4-2-1-3-9-5-10(8-16)7-11(6-9)15(17)18/h1,3,5-8H,2,4H2. The molecule has 0 radical (unpaired) electrons. The number of nitro benzene ring substituents is 1. The first-order valence-corrected chi connectivity index (χ1v) is 5.09. The van der Waals surface area contributed by atoms with E-state index in [0.717, 1.165) is 0 Å². The second kappa shape index (κ2) is 6.82. The van der Waals surface area contributed by atoms with Crippen LogP contribution < -0.4 is 0 Å². The number of aldehydes is 1. The summed E-state index contributed by atoms with van der Waals surface area (Å²) in [6, 6.07) is 4.13. The Labute approximate surface area is 103 Å². The van der Waals surface area contributed by atoms with Crippen molar-refractivity contribution in [3.05, 3.63) is 56.0 Å². The van der Waals surface area contributed by atoms with Gasteiger partial charge in [0.15, 0.2) is 0 Å². The zero-order valence-electron chi connectivity index (χ0n) is 9.39. The van der Waals surface area contributed by atoms with E-state index in [1.54, 1.807) is 18.2 Å². The third kappa shape index (κ3) is 4.07. The van der Waals surface area contributed by atoms with Crippen molar-refractivity contribution in [3.8, 4) is 0 Å². The van der Waals surface area contributed by atoms with Crippen LogP contribution in [0.2, 0.25) is 0 Å². The number of rotatable bonds is 6. The van der Waals surface area contributed by atoms with E-state index in [0.29, 0.717) is 24.8 Å². The van der Waals surface area contributed by atoms with Gasteiger partial charge in [0.2, 0.25) is 0 Å². The van der Waals surface area contributed by atoms with Crippen molar-refractivity contribution in [2.45, 2.75) is 6.42 Å². The summed E-state index contributed by atoms with van der Waals surface area (Å²) in [6.07, 6.45) is 4.46. The third-order valence-electron chi connectivity index (χ3n) is 2.08. The molecular formula is C11H10N4O3. The molecule has 1 aromatic carbocycles. The van der Waals surface area contributed by atoms with Gasteiger partial charge in [0.05, 0.1) is 4.92 Å². The molecule has 0 aromatic heterocycles. The van der Waals surface area contributed by atoms with Crippen LogP contribution in [0.15, 0.2) is 29.4 Å². The van der Waals surface area contributed by atoms with E-state index in [-0.39, 0.29) is 11.3 Å². The summed E-state index contributed by atoms with van der Waals surface area (Å²) in [4.78, 5) is 23.3. The minimum Gasteiger partial charge on any atom is -0.298 e. The first-order chi connectivity index (χ1) is 8.67. The summed E-state index contributed by atoms with van der Waals surface area (Å²) < 4.78 is 0. The van der Waals surface area contributed by atoms with Gasteiger partial charge < -0.3 is 0 Å². The fourth-order valence-corrected chi connectivity index (χ4v) is 1.33. The highest BCUT2D eigenvalue weighted by Crippen LogP contribution is 2.17. The van der Waals surface area contributed by atoms with Crippen molar-refractivity contribution in [2.24, 2.45) is 5.11 Å². The molecule has 18 heavy (non-hydrogen) atoms. The van der Waals surface area contributed by atoms with Crippen molar-refractivity contribution in [1.29, 1.82) is 0 Å². The topological polar surface area (TPSA) is 109 Å². The van der Waals surface area contributed by atoms with Crippen LogP contribution >= 0.6 is 0 Å². The van der Waals surface area contributed by atoms with Gasteiger partial charge in [-0.2, -0.15) is 0 Å². The second-order valence-corrected chi connectivity index (χ2v) is 3.38. The van der Waals surface area contributed by atoms with Crippen molar-refractivity contribution in [2.75, 3.05) is 6.54 Å². The molecule has 0 saturated carbocycles. The van der Waals surface area contributed by atoms with Gasteiger partial charge in [-0.25, -0.2) is 0 Å². The molecule has 0 N–H and O–H groups in total. The Morgan fingerprint density at radius 3 is 2.72 bits per heavy atom. The van der Waals surface area contributed by atoms with Crippen LogP contribution in [-0.2, 0) is 0 Å². The molecule has 0 aliphatic rings. The second-order valence-electron chi connectivity index (χ2n) is 3.38. The number of benzene rings is 1. The summed E-state index contributed by atoms with van der Waals surface area (Å²) in [5.74, 6) is 0. The van der Waals surface area contributed by atoms with Gasteiger partial charge >= 0.3 is 0 Å². The maximum atomic E-state index is 10.6. The van der Waals surface area contributed by atoms with Crippen molar-refractivity contribution in [1.82, 2.24) is 0 Å². The highest BCUT2D eigenvalue weighted by molar-refractivity contribution is 5.78. The van der Waals surface area contributed by atoms with Crippen molar-refractivity contribution >= 4 is 18.0 Å². The van der Waals surface area contributed by atoms with Gasteiger partial charge in [-0.05, 0) is 23.6 Å². The lowest BCUT2D eigenvalue weighted by Gasteiger charge is -1.97. The molecule has 0 atom stereocenters. The normalized spacial score (nSPS) is 10.0. The molecule has 0 bridgehead atoms. The molecule has 0 aliphatic heterocycles. The number of carbonyl (C=O) groups is 1. The van der Waals surface area contributed by atoms with E-state index >= 15 is 0 Å². The van der Waals surface area contributed by atoms with Gasteiger partial charge in [-0.3, -0.25) is 14.9 Å². The fraction of sp³-hybridized carbons (Fsp3) is 0.182. The van der Waals surface area contributed by atoms with Crippen molar-refractivity contribution in [3.63, 3.8) is 0 Å². The number of hydrogen-bond acceptors (Lipinski definition) is 4. The van der Waals surface area contributed by atoms with Crippen molar-refractivity contribution < 1.29 is 9.72 Å². The minimum absolute atomic E-state index is 0.130. The van der Waals surface area contributed by atoms with E-state index in [1.807, 2.05) is 0 Å². The van der Waals surface area contributed by atoms with Crippen LogP contribution in [-0.4, -0.2) is 17.8 Å². The Morgan fingerprint density at radius 2 is 2.11 bits per heavy atom. The maximum Gasteiger partial charge on any atom is 0.270 e. The smallest absolute Gasteiger partial charge is 0.270 e. The highest BCUT2D eigenvalue weighted by Gasteiger charge is 2.07. The van der Waals surface area contributed by atoms with E-state index < -0.39 is 4.92 Å². The van der Waals surface area contributed by atoms with E-state index in [1.165, 1.54) is 12.1 Å². The van der Waals surface area contributed by atoms with Gasteiger partial charge in [-0.1, -0.05) is 17.3 Å². The quantitative estimate of drug-likeness (QED) is 0.146. The Morgan fingerprint density at radius 1 is 1.39 bits per heavy atom. The predicted molar refractivity (Wildman–Crippen MR) is 66.1 cm³/mol. The molecule has 0 spiro atoms. The Hall–Kier alpha value is -2.66. The molecule has 0 fully saturated rings. The number of nitrogens with zero attached hydrogens (tertiary/aromatic N) is 4. The molecule has 7 heteroatoms. The molecule has 0 amide bonds. The molecule has 7 nitrogen and oxygen atoms in total. The van der Waals surface area contributed by atoms with Gasteiger partial charge in [0.25, 0.3) is 5.69 Å².